The molecule has 36 heavy (non-hydrogen) atoms. The van der Waals surface area contributed by atoms with Gasteiger partial charge in [-0.2, -0.15) is 0 Å². The number of hydrogen-bond donors (Lipinski definition) is 2. The summed E-state index contributed by atoms with van der Waals surface area (Å²) in [6.07, 6.45) is 7.81. The molecule has 1 aromatic carbocycles. The Hall–Kier alpha value is -4.47. The minimum atomic E-state index is -0.819. The van der Waals surface area contributed by atoms with E-state index in [1.807, 2.05) is 0 Å². The van der Waals surface area contributed by atoms with Crippen molar-refractivity contribution in [3.05, 3.63) is 93.7 Å². The molecule has 1 unspecified atom stereocenters. The molecule has 1 atom stereocenters. The lowest BCUT2D eigenvalue weighted by atomic mass is 9.98. The number of benzene rings is 1. The van der Waals surface area contributed by atoms with Gasteiger partial charge < -0.3 is 14.2 Å². The molecule has 0 saturated carbocycles. The van der Waals surface area contributed by atoms with Crippen molar-refractivity contribution in [1.82, 2.24) is 4.68 Å². The normalized spacial score (nSPS) is 16.8. The van der Waals surface area contributed by atoms with E-state index in [1.54, 1.807) is 53.3 Å². The Kier molecular flexibility index (Phi) is 6.86. The fourth-order valence-electron chi connectivity index (χ4n) is 3.90. The summed E-state index contributed by atoms with van der Waals surface area (Å²) in [4.78, 5) is 13.1. The van der Waals surface area contributed by atoms with Crippen molar-refractivity contribution >= 4 is 17.9 Å². The summed E-state index contributed by atoms with van der Waals surface area (Å²) < 4.78 is 46.0. The van der Waals surface area contributed by atoms with Crippen molar-refractivity contribution in [2.45, 2.75) is 19.6 Å². The second kappa shape index (κ2) is 10.0. The summed E-state index contributed by atoms with van der Waals surface area (Å²) in [5.74, 6) is -1.55. The number of nitrogens with zero attached hydrogens (tertiary/aromatic N) is 2. The van der Waals surface area contributed by atoms with Crippen molar-refractivity contribution in [3.8, 4) is 16.9 Å². The molecule has 2 N–H and O–H groups in total. The van der Waals surface area contributed by atoms with Gasteiger partial charge in [-0.3, -0.25) is 25.3 Å². The van der Waals surface area contributed by atoms with Crippen LogP contribution in [0, 0.1) is 10.8 Å². The molecule has 0 bridgehead atoms. The van der Waals surface area contributed by atoms with Crippen molar-refractivity contribution in [2.24, 2.45) is 0 Å². The second-order valence-corrected chi connectivity index (χ2v) is 8.01. The lowest BCUT2D eigenvalue weighted by molar-refractivity contribution is 0.131. The first-order valence-corrected chi connectivity index (χ1v) is 11.0. The molecule has 2 aliphatic rings. The summed E-state index contributed by atoms with van der Waals surface area (Å²) >= 11 is 0. The lowest BCUT2D eigenvalue weighted by Crippen LogP contribution is -2.44. The second-order valence-electron chi connectivity index (χ2n) is 8.01. The van der Waals surface area contributed by atoms with Crippen LogP contribution in [0.3, 0.4) is 0 Å². The number of halogens is 2. The Labute approximate surface area is 206 Å². The first-order valence-electron chi connectivity index (χ1n) is 11.0. The van der Waals surface area contributed by atoms with Gasteiger partial charge in [0.15, 0.2) is 22.9 Å². The van der Waals surface area contributed by atoms with Gasteiger partial charge in [-0.25, -0.2) is 8.78 Å². The van der Waals surface area contributed by atoms with Crippen LogP contribution in [0.1, 0.15) is 24.6 Å². The van der Waals surface area contributed by atoms with Crippen molar-refractivity contribution < 1.29 is 23.0 Å². The Morgan fingerprint density at radius 3 is 2.67 bits per heavy atom. The number of hydrogen-bond acceptors (Lipinski definition) is 7. The molecule has 2 heterocycles. The minimum absolute atomic E-state index is 0.0838. The molecular weight excluding hydrogens is 470 g/mol. The summed E-state index contributed by atoms with van der Waals surface area (Å²) in [5.41, 5.74) is 1.32. The summed E-state index contributed by atoms with van der Waals surface area (Å²) in [6, 6.07) is 6.20. The van der Waals surface area contributed by atoms with Crippen LogP contribution in [-0.2, 0) is 9.47 Å². The minimum Gasteiger partial charge on any atom is -0.496 e. The van der Waals surface area contributed by atoms with Crippen LogP contribution in [0.25, 0.3) is 17.2 Å². The van der Waals surface area contributed by atoms with Gasteiger partial charge in [0.2, 0.25) is 12.1 Å². The fraction of sp³-hybridized carbons (Fsp3) is 0.192. The van der Waals surface area contributed by atoms with Gasteiger partial charge in [-0.05, 0) is 48.9 Å². The van der Waals surface area contributed by atoms with Crippen LogP contribution in [0.15, 0.2) is 77.0 Å². The number of rotatable bonds is 5. The summed E-state index contributed by atoms with van der Waals surface area (Å²) in [6.45, 7) is 1.41. The average molecular weight is 494 g/mol. The van der Waals surface area contributed by atoms with E-state index < -0.39 is 17.9 Å². The maximum Gasteiger partial charge on any atom is 0.220 e. The Morgan fingerprint density at radius 2 is 1.94 bits per heavy atom. The quantitative estimate of drug-likeness (QED) is 0.460. The third-order valence-corrected chi connectivity index (χ3v) is 5.59. The molecule has 0 saturated heterocycles. The van der Waals surface area contributed by atoms with Crippen molar-refractivity contribution in [3.63, 3.8) is 0 Å². The van der Waals surface area contributed by atoms with E-state index in [1.165, 1.54) is 32.3 Å². The average Bonchev–Trinajstić information content (AvgIpc) is 2.99. The summed E-state index contributed by atoms with van der Waals surface area (Å²) in [7, 11) is 3.18. The van der Waals surface area contributed by atoms with Crippen LogP contribution in [-0.4, -0.2) is 36.9 Å². The third kappa shape index (κ3) is 4.83. The molecule has 0 fully saturated rings. The molecule has 0 spiro atoms. The molecule has 4 rings (SSSR count). The smallest absolute Gasteiger partial charge is 0.220 e. The molecule has 0 radical (unpaired) electrons. The third-order valence-electron chi connectivity index (χ3n) is 5.59. The number of pyridine rings is 1. The highest BCUT2D eigenvalue weighted by Crippen LogP contribution is 2.34. The predicted octanol–water partition coefficient (Wildman–Crippen LogP) is 4.79. The van der Waals surface area contributed by atoms with Crippen LogP contribution in [0.2, 0.25) is 0 Å². The molecule has 10 heteroatoms. The molecule has 2 aromatic rings. The van der Waals surface area contributed by atoms with E-state index >= 15 is 0 Å². The molecule has 1 aromatic heterocycles. The zero-order valence-corrected chi connectivity index (χ0v) is 19.8. The van der Waals surface area contributed by atoms with E-state index in [0.29, 0.717) is 28.1 Å². The van der Waals surface area contributed by atoms with Crippen LogP contribution in [0.5, 0.6) is 5.75 Å². The van der Waals surface area contributed by atoms with E-state index in [0.717, 1.165) is 6.08 Å². The molecule has 186 valence electrons. The number of nitrogens with one attached hydrogen (secondary N) is 2. The van der Waals surface area contributed by atoms with E-state index in [-0.39, 0.29) is 29.4 Å². The lowest BCUT2D eigenvalue weighted by Gasteiger charge is -2.35. The van der Waals surface area contributed by atoms with Gasteiger partial charge in [0.1, 0.15) is 11.6 Å². The Bertz CT molecular complexity index is 1420. The maximum atomic E-state index is 14.4. The Morgan fingerprint density at radius 1 is 1.17 bits per heavy atom. The van der Waals surface area contributed by atoms with Gasteiger partial charge in [0.25, 0.3) is 0 Å². The molecule has 8 nitrogen and oxygen atoms in total. The van der Waals surface area contributed by atoms with Gasteiger partial charge in [-0.15, -0.1) is 0 Å². The van der Waals surface area contributed by atoms with Crippen LogP contribution >= 0.6 is 0 Å². The highest BCUT2D eigenvalue weighted by molar-refractivity contribution is 6.00. The van der Waals surface area contributed by atoms with Crippen molar-refractivity contribution in [1.29, 1.82) is 10.8 Å². The number of aromatic nitrogens is 1. The van der Waals surface area contributed by atoms with Gasteiger partial charge in [0, 0.05) is 43.4 Å². The fourth-order valence-corrected chi connectivity index (χ4v) is 3.90. The van der Waals surface area contributed by atoms with E-state index in [9.17, 15) is 13.6 Å². The van der Waals surface area contributed by atoms with Gasteiger partial charge in [-0.1, -0.05) is 0 Å². The predicted molar refractivity (Wildman–Crippen MR) is 133 cm³/mol. The number of likely N-dealkylation sites (N-methyl/N-ethyl adjacent to an activating group) is 1. The number of methoxy groups -OCH3 is 1. The number of fused-ring (bicyclic) bond motifs is 1. The SMILES string of the molecule is COc1ccc(C(=N)OC(C)=N)cc1-c1c2n(ccc1=O)N(C)C(OC1=CCC=C(F)C=C1F)C=C2. The van der Waals surface area contributed by atoms with E-state index in [4.69, 9.17) is 25.0 Å². The highest BCUT2D eigenvalue weighted by Gasteiger charge is 2.26. The largest absolute Gasteiger partial charge is 0.496 e. The van der Waals surface area contributed by atoms with Gasteiger partial charge in [0.05, 0.1) is 18.4 Å². The van der Waals surface area contributed by atoms with Gasteiger partial charge >= 0.3 is 0 Å². The first-order chi connectivity index (χ1) is 17.2. The number of ether oxygens (including phenoxy) is 3. The first kappa shape index (κ1) is 24.6. The highest BCUT2D eigenvalue weighted by atomic mass is 19.1. The zero-order chi connectivity index (χ0) is 26.0. The molecule has 1 aliphatic carbocycles. The topological polar surface area (TPSA) is 101 Å². The standard InChI is InChI=1S/C26H24F2N4O4/c1-15(29)35-26(30)16-7-9-22(34-3)18(13-16)25-20-8-10-24(31(2)32(20)12-11-21(25)33)36-23-6-4-5-17(27)14-19(23)28/h5-14,24,29-30H,4H2,1-3H3. The maximum absolute atomic E-state index is 14.4. The molecule has 1 aliphatic heterocycles. The van der Waals surface area contributed by atoms with Crippen LogP contribution in [0.4, 0.5) is 8.78 Å². The molecule has 0 amide bonds. The van der Waals surface area contributed by atoms with Crippen LogP contribution < -0.4 is 15.2 Å². The van der Waals surface area contributed by atoms with E-state index in [2.05, 4.69) is 0 Å². The summed E-state index contributed by atoms with van der Waals surface area (Å²) in [5, 5.41) is 17.3. The molecular formula is C26H24F2N4O4. The Balaban J connectivity index is 1.74. The monoisotopic (exact) mass is 494 g/mol. The number of allylic oxidation sites excluding steroid dienone is 5. The van der Waals surface area contributed by atoms with Crippen molar-refractivity contribution in [2.75, 3.05) is 19.2 Å². The zero-order valence-electron chi connectivity index (χ0n) is 19.8.